The van der Waals surface area contributed by atoms with E-state index in [-0.39, 0.29) is 0 Å². The average molecular weight is 520 g/mol. The fourth-order valence-corrected chi connectivity index (χ4v) is 5.43. The van der Waals surface area contributed by atoms with Gasteiger partial charge in [0.2, 0.25) is 0 Å². The maximum absolute atomic E-state index is 11.3. The van der Waals surface area contributed by atoms with Crippen LogP contribution in [0.2, 0.25) is 0 Å². The molecule has 3 rings (SSSR count). The highest BCUT2D eigenvalue weighted by Gasteiger charge is 2.15. The highest BCUT2D eigenvalue weighted by molar-refractivity contribution is 5.75. The van der Waals surface area contributed by atoms with Gasteiger partial charge in [0.25, 0.3) is 0 Å². The highest BCUT2D eigenvalue weighted by atomic mass is 16.3. The summed E-state index contributed by atoms with van der Waals surface area (Å²) < 4.78 is 0. The molecule has 0 aliphatic carbocycles. The van der Waals surface area contributed by atoms with E-state index in [9.17, 15) is 5.11 Å². The zero-order chi connectivity index (χ0) is 27.0. The van der Waals surface area contributed by atoms with Gasteiger partial charge in [0.1, 0.15) is 22.5 Å². The molecule has 1 N–H and O–H groups in total. The molecule has 0 amide bonds. The third-order valence-electron chi connectivity index (χ3n) is 7.92. The van der Waals surface area contributed by atoms with Crippen LogP contribution in [0.25, 0.3) is 16.7 Å². The fraction of sp³-hybridized carbons (Fsp3) is 0.647. The van der Waals surface area contributed by atoms with Crippen LogP contribution in [0.5, 0.6) is 5.75 Å². The number of phenolic OH excluding ortho intramolecular Hbond substituents is 1. The van der Waals surface area contributed by atoms with Gasteiger partial charge in [0.15, 0.2) is 0 Å². The predicted octanol–water partition coefficient (Wildman–Crippen LogP) is 10.1. The summed E-state index contributed by atoms with van der Waals surface area (Å²) in [5.41, 5.74) is 6.10. The van der Waals surface area contributed by atoms with Crippen LogP contribution < -0.4 is 0 Å². The summed E-state index contributed by atoms with van der Waals surface area (Å²) in [5, 5.41) is 20.8. The van der Waals surface area contributed by atoms with Crippen LogP contribution in [0.15, 0.2) is 30.3 Å². The molecule has 0 saturated heterocycles. The molecule has 0 saturated carbocycles. The number of unbranched alkanes of at least 4 members (excludes halogenated alkanes) is 14. The van der Waals surface area contributed by atoms with Crippen molar-refractivity contribution in [3.8, 4) is 11.4 Å². The molecule has 4 heteroatoms. The summed E-state index contributed by atoms with van der Waals surface area (Å²) in [6.45, 7) is 6.70. The first kappa shape index (κ1) is 30.2. The lowest BCUT2D eigenvalue weighted by Crippen LogP contribution is -2.03. The van der Waals surface area contributed by atoms with Crippen molar-refractivity contribution in [1.29, 1.82) is 0 Å². The third kappa shape index (κ3) is 9.75. The van der Waals surface area contributed by atoms with E-state index in [4.69, 9.17) is 10.2 Å². The number of aromatic nitrogens is 3. The number of aromatic hydroxyl groups is 1. The lowest BCUT2D eigenvalue weighted by molar-refractivity contribution is 0.458. The van der Waals surface area contributed by atoms with Gasteiger partial charge in [-0.1, -0.05) is 123 Å². The van der Waals surface area contributed by atoms with Gasteiger partial charge in [-0.15, -0.1) is 15.0 Å². The van der Waals surface area contributed by atoms with Gasteiger partial charge >= 0.3 is 0 Å². The van der Waals surface area contributed by atoms with E-state index in [2.05, 4.69) is 45.0 Å². The van der Waals surface area contributed by atoms with Crippen LogP contribution in [0.4, 0.5) is 0 Å². The first-order valence-electron chi connectivity index (χ1n) is 15.9. The minimum atomic E-state index is 0.351. The van der Waals surface area contributed by atoms with Crippen LogP contribution in [0, 0.1) is 0 Å². The number of fused-ring (bicyclic) bond motifs is 1. The molecule has 210 valence electrons. The van der Waals surface area contributed by atoms with E-state index in [1.807, 2.05) is 6.07 Å². The van der Waals surface area contributed by atoms with Crippen molar-refractivity contribution >= 4 is 11.0 Å². The summed E-state index contributed by atoms with van der Waals surface area (Å²) in [7, 11) is 0. The molecule has 38 heavy (non-hydrogen) atoms. The Labute approximate surface area is 232 Å². The Morgan fingerprint density at radius 1 is 0.579 bits per heavy atom. The van der Waals surface area contributed by atoms with Crippen LogP contribution >= 0.6 is 0 Å². The molecular weight excluding hydrogens is 466 g/mol. The van der Waals surface area contributed by atoms with Crippen LogP contribution in [0.3, 0.4) is 0 Å². The quantitative estimate of drug-likeness (QED) is 0.151. The topological polar surface area (TPSA) is 50.9 Å². The molecule has 0 spiro atoms. The Morgan fingerprint density at radius 3 is 1.74 bits per heavy atom. The molecule has 4 nitrogen and oxygen atoms in total. The molecule has 0 radical (unpaired) electrons. The van der Waals surface area contributed by atoms with E-state index in [0.717, 1.165) is 48.0 Å². The summed E-state index contributed by atoms with van der Waals surface area (Å²) in [4.78, 5) is 1.66. The van der Waals surface area contributed by atoms with E-state index >= 15 is 0 Å². The smallest absolute Gasteiger partial charge is 0.146 e. The maximum atomic E-state index is 11.3. The van der Waals surface area contributed by atoms with Crippen LogP contribution in [-0.2, 0) is 19.3 Å². The van der Waals surface area contributed by atoms with E-state index < -0.39 is 0 Å². The SMILES string of the molecule is CCCCCCCCCCc1cc(CCCCCCCCCC)c(O)c(-n2nc3ccc(CC)cc3n2)c1. The van der Waals surface area contributed by atoms with Crippen molar-refractivity contribution in [2.75, 3.05) is 0 Å². The molecule has 0 fully saturated rings. The van der Waals surface area contributed by atoms with Gasteiger partial charge in [0.05, 0.1) is 0 Å². The number of nitrogens with zero attached hydrogens (tertiary/aromatic N) is 3. The summed E-state index contributed by atoms with van der Waals surface area (Å²) >= 11 is 0. The maximum Gasteiger partial charge on any atom is 0.146 e. The summed E-state index contributed by atoms with van der Waals surface area (Å²) in [6.07, 6.45) is 23.9. The Balaban J connectivity index is 1.67. The molecule has 1 aromatic heterocycles. The first-order valence-corrected chi connectivity index (χ1v) is 15.9. The number of aryl methyl sites for hydroxylation is 3. The monoisotopic (exact) mass is 519 g/mol. The average Bonchev–Trinajstić information content (AvgIpc) is 3.36. The van der Waals surface area contributed by atoms with Gasteiger partial charge in [-0.3, -0.25) is 0 Å². The Morgan fingerprint density at radius 2 is 1.13 bits per heavy atom. The Kier molecular flexibility index (Phi) is 13.7. The van der Waals surface area contributed by atoms with Crippen molar-refractivity contribution in [2.24, 2.45) is 0 Å². The van der Waals surface area contributed by atoms with Gasteiger partial charge in [-0.25, -0.2) is 0 Å². The lowest BCUT2D eigenvalue weighted by atomic mass is 9.98. The number of hydrogen-bond acceptors (Lipinski definition) is 3. The second kappa shape index (κ2) is 17.3. The summed E-state index contributed by atoms with van der Waals surface area (Å²) in [5.74, 6) is 0.351. The normalized spacial score (nSPS) is 11.6. The number of rotatable bonds is 20. The van der Waals surface area contributed by atoms with Crippen molar-refractivity contribution in [1.82, 2.24) is 15.0 Å². The van der Waals surface area contributed by atoms with E-state index in [1.54, 1.807) is 4.80 Å². The second-order valence-corrected chi connectivity index (χ2v) is 11.2. The molecule has 0 aliphatic heterocycles. The first-order chi connectivity index (χ1) is 18.7. The van der Waals surface area contributed by atoms with Gasteiger partial charge in [-0.2, -0.15) is 0 Å². The van der Waals surface area contributed by atoms with Crippen molar-refractivity contribution < 1.29 is 5.11 Å². The molecule has 1 heterocycles. The largest absolute Gasteiger partial charge is 0.505 e. The molecule has 0 atom stereocenters. The van der Waals surface area contributed by atoms with Crippen LogP contribution in [0.1, 0.15) is 140 Å². The Bertz CT molecular complexity index is 1070. The molecular formula is C34H53N3O. The molecule has 0 aliphatic rings. The highest BCUT2D eigenvalue weighted by Crippen LogP contribution is 2.31. The van der Waals surface area contributed by atoms with Crippen molar-refractivity contribution in [3.63, 3.8) is 0 Å². The minimum Gasteiger partial charge on any atom is -0.505 e. The zero-order valence-corrected chi connectivity index (χ0v) is 24.6. The Hall–Kier alpha value is -2.36. The van der Waals surface area contributed by atoms with Gasteiger partial charge in [-0.05, 0) is 67.0 Å². The fourth-order valence-electron chi connectivity index (χ4n) is 5.43. The minimum absolute atomic E-state index is 0.351. The molecule has 0 unspecified atom stereocenters. The van der Waals surface area contributed by atoms with Crippen molar-refractivity contribution in [3.05, 3.63) is 47.0 Å². The third-order valence-corrected chi connectivity index (χ3v) is 7.92. The lowest BCUT2D eigenvalue weighted by Gasteiger charge is -2.13. The molecule has 3 aromatic rings. The van der Waals surface area contributed by atoms with Gasteiger partial charge in [0, 0.05) is 0 Å². The van der Waals surface area contributed by atoms with E-state index in [1.165, 1.54) is 107 Å². The van der Waals surface area contributed by atoms with Crippen molar-refractivity contribution in [2.45, 2.75) is 143 Å². The van der Waals surface area contributed by atoms with E-state index in [0.29, 0.717) is 5.75 Å². The molecule has 0 bridgehead atoms. The number of hydrogen-bond donors (Lipinski definition) is 1. The number of phenols is 1. The van der Waals surface area contributed by atoms with Crippen LogP contribution in [-0.4, -0.2) is 20.1 Å². The number of benzene rings is 2. The van der Waals surface area contributed by atoms with Gasteiger partial charge < -0.3 is 5.11 Å². The predicted molar refractivity (Wildman–Crippen MR) is 163 cm³/mol. The summed E-state index contributed by atoms with van der Waals surface area (Å²) in [6, 6.07) is 10.6. The molecule has 2 aromatic carbocycles. The standard InChI is InChI=1S/C34H53N3O/c1-4-7-9-11-13-15-17-19-21-29-25-30(22-20-18-16-14-12-10-8-5-2)34(38)33(27-29)37-35-31-24-23-28(6-3)26-32(31)36-37/h23-27,38H,4-22H2,1-3H3. The second-order valence-electron chi connectivity index (χ2n) is 11.2. The zero-order valence-electron chi connectivity index (χ0n) is 24.6.